The SMILES string of the molecule is CCN(C(=O)CCNC(=O)OC(C)(C)C)c1ccc(F)cc1. The summed E-state index contributed by atoms with van der Waals surface area (Å²) < 4.78 is 18.0. The molecular weight excluding hydrogens is 287 g/mol. The van der Waals surface area contributed by atoms with Crippen molar-refractivity contribution in [2.45, 2.75) is 39.7 Å². The molecule has 0 radical (unpaired) electrons. The van der Waals surface area contributed by atoms with Gasteiger partial charge in [-0.2, -0.15) is 0 Å². The van der Waals surface area contributed by atoms with Crippen LogP contribution in [0.2, 0.25) is 0 Å². The van der Waals surface area contributed by atoms with Crippen LogP contribution in [-0.4, -0.2) is 30.7 Å². The van der Waals surface area contributed by atoms with Gasteiger partial charge in [-0.05, 0) is 52.0 Å². The van der Waals surface area contributed by atoms with Gasteiger partial charge in [0.1, 0.15) is 11.4 Å². The van der Waals surface area contributed by atoms with Gasteiger partial charge in [0.25, 0.3) is 0 Å². The van der Waals surface area contributed by atoms with E-state index >= 15 is 0 Å². The van der Waals surface area contributed by atoms with E-state index in [1.807, 2.05) is 6.92 Å². The third-order valence-electron chi connectivity index (χ3n) is 2.76. The zero-order valence-corrected chi connectivity index (χ0v) is 13.5. The van der Waals surface area contributed by atoms with Crippen LogP contribution in [0.25, 0.3) is 0 Å². The highest BCUT2D eigenvalue weighted by molar-refractivity contribution is 5.93. The van der Waals surface area contributed by atoms with E-state index < -0.39 is 11.7 Å². The van der Waals surface area contributed by atoms with Crippen molar-refractivity contribution in [1.29, 1.82) is 0 Å². The van der Waals surface area contributed by atoms with Crippen LogP contribution in [0.5, 0.6) is 0 Å². The Hall–Kier alpha value is -2.11. The van der Waals surface area contributed by atoms with E-state index in [1.165, 1.54) is 17.0 Å². The molecule has 1 N–H and O–H groups in total. The smallest absolute Gasteiger partial charge is 0.407 e. The Morgan fingerprint density at radius 3 is 2.32 bits per heavy atom. The van der Waals surface area contributed by atoms with Crippen LogP contribution in [-0.2, 0) is 9.53 Å². The summed E-state index contributed by atoms with van der Waals surface area (Å²) >= 11 is 0. The fourth-order valence-corrected chi connectivity index (χ4v) is 1.84. The highest BCUT2D eigenvalue weighted by Crippen LogP contribution is 2.15. The fourth-order valence-electron chi connectivity index (χ4n) is 1.84. The lowest BCUT2D eigenvalue weighted by atomic mass is 10.2. The average Bonchev–Trinajstić information content (AvgIpc) is 2.39. The summed E-state index contributed by atoms with van der Waals surface area (Å²) in [6.07, 6.45) is -0.407. The molecule has 6 heteroatoms. The van der Waals surface area contributed by atoms with Crippen LogP contribution < -0.4 is 10.2 Å². The molecule has 22 heavy (non-hydrogen) atoms. The number of ether oxygens (including phenoxy) is 1. The summed E-state index contributed by atoms with van der Waals surface area (Å²) in [7, 11) is 0. The first-order valence-electron chi connectivity index (χ1n) is 7.25. The number of hydrogen-bond donors (Lipinski definition) is 1. The first kappa shape index (κ1) is 17.9. The summed E-state index contributed by atoms with van der Waals surface area (Å²) in [5, 5.41) is 2.54. The number of carbonyl (C=O) groups excluding carboxylic acids is 2. The molecule has 0 aliphatic carbocycles. The van der Waals surface area contributed by atoms with E-state index in [0.29, 0.717) is 12.2 Å². The Bertz CT molecular complexity index is 509. The molecule has 0 spiro atoms. The molecule has 5 nitrogen and oxygen atoms in total. The first-order chi connectivity index (χ1) is 10.2. The van der Waals surface area contributed by atoms with Crippen molar-refractivity contribution in [3.63, 3.8) is 0 Å². The summed E-state index contributed by atoms with van der Waals surface area (Å²) in [4.78, 5) is 25.2. The van der Waals surface area contributed by atoms with Crippen LogP contribution in [0.1, 0.15) is 34.1 Å². The van der Waals surface area contributed by atoms with Gasteiger partial charge in [-0.3, -0.25) is 4.79 Å². The summed E-state index contributed by atoms with van der Waals surface area (Å²) in [5.41, 5.74) is 0.0589. The van der Waals surface area contributed by atoms with E-state index in [9.17, 15) is 14.0 Å². The largest absolute Gasteiger partial charge is 0.444 e. The second-order valence-electron chi connectivity index (χ2n) is 5.79. The van der Waals surface area contributed by atoms with Crippen LogP contribution in [0.4, 0.5) is 14.9 Å². The Balaban J connectivity index is 2.49. The fraction of sp³-hybridized carbons (Fsp3) is 0.500. The molecular formula is C16H23FN2O3. The number of amides is 2. The van der Waals surface area contributed by atoms with Gasteiger partial charge in [-0.15, -0.1) is 0 Å². The molecule has 0 saturated heterocycles. The molecule has 0 aromatic heterocycles. The predicted octanol–water partition coefficient (Wildman–Crippen LogP) is 3.09. The lowest BCUT2D eigenvalue weighted by molar-refractivity contribution is -0.118. The van der Waals surface area contributed by atoms with Crippen LogP contribution >= 0.6 is 0 Å². The molecule has 0 saturated carbocycles. The Morgan fingerprint density at radius 2 is 1.82 bits per heavy atom. The molecule has 0 bridgehead atoms. The molecule has 0 aliphatic heterocycles. The highest BCUT2D eigenvalue weighted by atomic mass is 19.1. The Labute approximate surface area is 130 Å². The van der Waals surface area contributed by atoms with E-state index in [1.54, 1.807) is 32.9 Å². The van der Waals surface area contributed by atoms with Crippen molar-refractivity contribution >= 4 is 17.7 Å². The number of anilines is 1. The number of nitrogens with zero attached hydrogens (tertiary/aromatic N) is 1. The summed E-state index contributed by atoms with van der Waals surface area (Å²) in [6.45, 7) is 7.80. The van der Waals surface area contributed by atoms with Crippen molar-refractivity contribution < 1.29 is 18.7 Å². The number of nitrogens with one attached hydrogen (secondary N) is 1. The second-order valence-corrected chi connectivity index (χ2v) is 5.79. The topological polar surface area (TPSA) is 58.6 Å². The van der Waals surface area contributed by atoms with E-state index in [-0.39, 0.29) is 24.7 Å². The van der Waals surface area contributed by atoms with Crippen molar-refractivity contribution in [1.82, 2.24) is 5.32 Å². The Kier molecular flexibility index (Phi) is 6.34. The Morgan fingerprint density at radius 1 is 1.23 bits per heavy atom. The monoisotopic (exact) mass is 310 g/mol. The zero-order valence-electron chi connectivity index (χ0n) is 13.5. The molecule has 0 unspecified atom stereocenters. The number of carbonyl (C=O) groups is 2. The normalized spacial score (nSPS) is 11.0. The van der Waals surface area contributed by atoms with Crippen molar-refractivity contribution in [2.75, 3.05) is 18.0 Å². The molecule has 1 aromatic carbocycles. The van der Waals surface area contributed by atoms with Gasteiger partial charge in [-0.1, -0.05) is 0 Å². The highest BCUT2D eigenvalue weighted by Gasteiger charge is 2.17. The third-order valence-corrected chi connectivity index (χ3v) is 2.76. The molecule has 0 atom stereocenters. The lowest BCUT2D eigenvalue weighted by Gasteiger charge is -2.22. The number of rotatable bonds is 5. The number of benzene rings is 1. The van der Waals surface area contributed by atoms with Crippen LogP contribution in [0, 0.1) is 5.82 Å². The van der Waals surface area contributed by atoms with Crippen molar-refractivity contribution in [3.8, 4) is 0 Å². The van der Waals surface area contributed by atoms with Crippen LogP contribution in [0.3, 0.4) is 0 Å². The third kappa shape index (κ3) is 6.11. The molecule has 0 aliphatic rings. The predicted molar refractivity (Wildman–Crippen MR) is 83.3 cm³/mol. The lowest BCUT2D eigenvalue weighted by Crippen LogP contribution is -2.36. The molecule has 2 amide bonds. The van der Waals surface area contributed by atoms with Crippen molar-refractivity contribution in [3.05, 3.63) is 30.1 Å². The minimum atomic E-state index is -0.572. The molecule has 122 valence electrons. The van der Waals surface area contributed by atoms with Gasteiger partial charge in [0.05, 0.1) is 0 Å². The maximum Gasteiger partial charge on any atom is 0.407 e. The molecule has 0 fully saturated rings. The molecule has 0 heterocycles. The minimum Gasteiger partial charge on any atom is -0.444 e. The standard InChI is InChI=1S/C16H23FN2O3/c1-5-19(13-8-6-12(17)7-9-13)14(20)10-11-18-15(21)22-16(2,3)4/h6-9H,5,10-11H2,1-4H3,(H,18,21). The van der Waals surface area contributed by atoms with Gasteiger partial charge in [0.2, 0.25) is 5.91 Å². The van der Waals surface area contributed by atoms with Crippen LogP contribution in [0.15, 0.2) is 24.3 Å². The maximum absolute atomic E-state index is 12.9. The van der Waals surface area contributed by atoms with Crippen molar-refractivity contribution in [2.24, 2.45) is 0 Å². The zero-order chi connectivity index (χ0) is 16.8. The summed E-state index contributed by atoms with van der Waals surface area (Å²) in [5.74, 6) is -0.496. The van der Waals surface area contributed by atoms with E-state index in [2.05, 4.69) is 5.32 Å². The summed E-state index contributed by atoms with van der Waals surface area (Å²) in [6, 6.07) is 5.73. The average molecular weight is 310 g/mol. The van der Waals surface area contributed by atoms with Gasteiger partial charge in [-0.25, -0.2) is 9.18 Å². The van der Waals surface area contributed by atoms with Gasteiger partial charge in [0, 0.05) is 25.2 Å². The molecule has 1 aromatic rings. The quantitative estimate of drug-likeness (QED) is 0.909. The van der Waals surface area contributed by atoms with Gasteiger partial charge < -0.3 is 15.0 Å². The maximum atomic E-state index is 12.9. The number of halogens is 1. The first-order valence-corrected chi connectivity index (χ1v) is 7.25. The molecule has 1 rings (SSSR count). The number of alkyl carbamates (subject to hydrolysis) is 1. The van der Waals surface area contributed by atoms with E-state index in [0.717, 1.165) is 0 Å². The van der Waals surface area contributed by atoms with Gasteiger partial charge >= 0.3 is 6.09 Å². The second kappa shape index (κ2) is 7.77. The number of hydrogen-bond acceptors (Lipinski definition) is 3. The van der Waals surface area contributed by atoms with E-state index in [4.69, 9.17) is 4.74 Å². The minimum absolute atomic E-state index is 0.143. The van der Waals surface area contributed by atoms with Gasteiger partial charge in [0.15, 0.2) is 0 Å².